The fourth-order valence-corrected chi connectivity index (χ4v) is 2.62. The summed E-state index contributed by atoms with van der Waals surface area (Å²) < 4.78 is 7.00. The molecule has 0 atom stereocenters. The lowest BCUT2D eigenvalue weighted by Crippen LogP contribution is -2.55. The van der Waals surface area contributed by atoms with Gasteiger partial charge in [-0.05, 0) is 46.1 Å². The van der Waals surface area contributed by atoms with Crippen molar-refractivity contribution in [3.63, 3.8) is 0 Å². The Morgan fingerprint density at radius 1 is 1.32 bits per heavy atom. The molecule has 0 aromatic carbocycles. The molecule has 0 unspecified atom stereocenters. The van der Waals surface area contributed by atoms with E-state index in [9.17, 15) is 9.59 Å². The summed E-state index contributed by atoms with van der Waals surface area (Å²) in [5.41, 5.74) is 5.20. The third kappa shape index (κ3) is 3.23. The van der Waals surface area contributed by atoms with Crippen LogP contribution in [0.15, 0.2) is 12.4 Å². The van der Waals surface area contributed by atoms with E-state index in [4.69, 9.17) is 10.5 Å². The van der Waals surface area contributed by atoms with Crippen LogP contribution in [0.5, 0.6) is 0 Å². The Kier molecular flexibility index (Phi) is 4.17. The first-order valence-electron chi connectivity index (χ1n) is 7.44. The van der Waals surface area contributed by atoms with E-state index in [0.717, 1.165) is 5.56 Å². The molecule has 2 rings (SSSR count). The molecule has 1 aliphatic rings. The lowest BCUT2D eigenvalue weighted by atomic mass is 9.87. The van der Waals surface area contributed by atoms with E-state index in [1.54, 1.807) is 15.8 Å². The predicted octanol–water partition coefficient (Wildman–Crippen LogP) is 1.40. The van der Waals surface area contributed by atoms with Gasteiger partial charge < -0.3 is 15.4 Å². The van der Waals surface area contributed by atoms with E-state index < -0.39 is 17.0 Å². The molecule has 2 heterocycles. The summed E-state index contributed by atoms with van der Waals surface area (Å²) in [5, 5.41) is 4.24. The number of ether oxygens (including phenoxy) is 1. The Labute approximate surface area is 130 Å². The average Bonchev–Trinajstić information content (AvgIpc) is 2.83. The topological polar surface area (TPSA) is 90.5 Å². The van der Waals surface area contributed by atoms with Crippen LogP contribution in [-0.4, -0.2) is 45.4 Å². The molecular formula is C15H24N4O3. The summed E-state index contributed by atoms with van der Waals surface area (Å²) in [7, 11) is 0. The molecule has 7 heteroatoms. The van der Waals surface area contributed by atoms with E-state index in [2.05, 4.69) is 5.10 Å². The fraction of sp³-hybridized carbons (Fsp3) is 0.667. The maximum absolute atomic E-state index is 12.1. The highest BCUT2D eigenvalue weighted by atomic mass is 16.6. The number of carbonyl (C=O) groups excluding carboxylic acids is 2. The van der Waals surface area contributed by atoms with E-state index in [1.807, 2.05) is 33.9 Å². The molecule has 1 aliphatic heterocycles. The molecule has 0 aliphatic carbocycles. The molecule has 0 spiro atoms. The van der Waals surface area contributed by atoms with Crippen molar-refractivity contribution in [2.75, 3.05) is 13.1 Å². The second-order valence-corrected chi connectivity index (χ2v) is 6.83. The van der Waals surface area contributed by atoms with E-state index in [-0.39, 0.29) is 6.09 Å². The van der Waals surface area contributed by atoms with Crippen LogP contribution in [0.1, 0.15) is 39.2 Å². The minimum atomic E-state index is -0.868. The number of amides is 2. The van der Waals surface area contributed by atoms with Crippen LogP contribution >= 0.6 is 0 Å². The number of nitrogens with two attached hydrogens (primary N) is 1. The Morgan fingerprint density at radius 3 is 2.32 bits per heavy atom. The van der Waals surface area contributed by atoms with Crippen molar-refractivity contribution >= 4 is 12.0 Å². The van der Waals surface area contributed by atoms with Crippen LogP contribution in [0.25, 0.3) is 0 Å². The number of hydrogen-bond donors (Lipinski definition) is 1. The highest BCUT2D eigenvalue weighted by Crippen LogP contribution is 2.30. The van der Waals surface area contributed by atoms with Gasteiger partial charge in [0.25, 0.3) is 0 Å². The van der Waals surface area contributed by atoms with Gasteiger partial charge in [-0.2, -0.15) is 5.10 Å². The van der Waals surface area contributed by atoms with Gasteiger partial charge in [0.2, 0.25) is 5.91 Å². The van der Waals surface area contributed by atoms with Crippen molar-refractivity contribution < 1.29 is 14.3 Å². The first-order chi connectivity index (χ1) is 10.1. The lowest BCUT2D eigenvalue weighted by molar-refractivity contribution is -0.129. The molecule has 1 fully saturated rings. The van der Waals surface area contributed by atoms with E-state index in [1.165, 1.54) is 0 Å². The van der Waals surface area contributed by atoms with Crippen LogP contribution in [0.4, 0.5) is 4.79 Å². The molecule has 2 amide bonds. The number of primary amides is 1. The average molecular weight is 308 g/mol. The highest BCUT2D eigenvalue weighted by Gasteiger charge is 2.43. The molecule has 22 heavy (non-hydrogen) atoms. The van der Waals surface area contributed by atoms with Crippen molar-refractivity contribution in [1.82, 2.24) is 14.7 Å². The number of rotatable bonds is 2. The number of aromatic nitrogens is 2. The van der Waals surface area contributed by atoms with Crippen LogP contribution in [0.3, 0.4) is 0 Å². The van der Waals surface area contributed by atoms with Gasteiger partial charge in [0, 0.05) is 19.3 Å². The van der Waals surface area contributed by atoms with Crippen molar-refractivity contribution in [3.05, 3.63) is 18.0 Å². The quantitative estimate of drug-likeness (QED) is 0.894. The van der Waals surface area contributed by atoms with Gasteiger partial charge in [-0.15, -0.1) is 0 Å². The number of carbonyl (C=O) groups is 2. The van der Waals surface area contributed by atoms with Gasteiger partial charge in [0.1, 0.15) is 11.1 Å². The zero-order valence-corrected chi connectivity index (χ0v) is 13.6. The monoisotopic (exact) mass is 308 g/mol. The third-order valence-corrected chi connectivity index (χ3v) is 3.85. The Bertz CT molecular complexity index is 566. The second-order valence-electron chi connectivity index (χ2n) is 6.83. The predicted molar refractivity (Wildman–Crippen MR) is 81.2 cm³/mol. The van der Waals surface area contributed by atoms with Crippen LogP contribution < -0.4 is 5.73 Å². The summed E-state index contributed by atoms with van der Waals surface area (Å²) in [6.45, 7) is 8.22. The largest absolute Gasteiger partial charge is 0.444 e. The van der Waals surface area contributed by atoms with Crippen molar-refractivity contribution in [1.29, 1.82) is 0 Å². The Hall–Kier alpha value is -2.05. The van der Waals surface area contributed by atoms with Crippen LogP contribution in [-0.2, 0) is 15.1 Å². The summed E-state index contributed by atoms with van der Waals surface area (Å²) in [4.78, 5) is 25.7. The molecular weight excluding hydrogens is 284 g/mol. The lowest BCUT2D eigenvalue weighted by Gasteiger charge is -2.39. The van der Waals surface area contributed by atoms with Gasteiger partial charge in [-0.1, -0.05) is 0 Å². The van der Waals surface area contributed by atoms with Gasteiger partial charge in [-0.25, -0.2) is 4.79 Å². The van der Waals surface area contributed by atoms with Gasteiger partial charge in [0.05, 0.1) is 6.20 Å². The minimum Gasteiger partial charge on any atom is -0.444 e. The molecule has 0 bridgehead atoms. The zero-order chi connectivity index (χ0) is 16.5. The maximum atomic E-state index is 12.1. The minimum absolute atomic E-state index is 0.359. The fourth-order valence-electron chi connectivity index (χ4n) is 2.62. The number of hydrogen-bond acceptors (Lipinski definition) is 4. The number of piperidine rings is 1. The summed E-state index contributed by atoms with van der Waals surface area (Å²) >= 11 is 0. The van der Waals surface area contributed by atoms with Gasteiger partial charge >= 0.3 is 6.09 Å². The first-order valence-corrected chi connectivity index (χ1v) is 7.44. The standard InChI is InChI=1S/C15H24N4O3/c1-11-9-17-19(10-11)15(12(16)20)5-7-18(8-6-15)13(21)22-14(2,3)4/h9-10H,5-8H2,1-4H3,(H2,16,20). The highest BCUT2D eigenvalue weighted by molar-refractivity contribution is 5.83. The molecule has 7 nitrogen and oxygen atoms in total. The van der Waals surface area contributed by atoms with E-state index in [0.29, 0.717) is 25.9 Å². The van der Waals surface area contributed by atoms with Crippen molar-refractivity contribution in [2.45, 2.75) is 51.7 Å². The molecule has 1 aromatic heterocycles. The zero-order valence-electron chi connectivity index (χ0n) is 13.6. The smallest absolute Gasteiger partial charge is 0.410 e. The summed E-state index contributed by atoms with van der Waals surface area (Å²) in [6.07, 6.45) is 4.02. The molecule has 1 saturated heterocycles. The SMILES string of the molecule is Cc1cnn(C2(C(N)=O)CCN(C(=O)OC(C)(C)C)CC2)c1. The van der Waals surface area contributed by atoms with Gasteiger partial charge in [0.15, 0.2) is 0 Å². The molecule has 0 radical (unpaired) electrons. The van der Waals surface area contributed by atoms with Crippen LogP contribution in [0, 0.1) is 6.92 Å². The Balaban J connectivity index is 2.11. The summed E-state index contributed by atoms with van der Waals surface area (Å²) in [5.74, 6) is -0.417. The molecule has 0 saturated carbocycles. The molecule has 2 N–H and O–H groups in total. The normalized spacial score (nSPS) is 18.1. The third-order valence-electron chi connectivity index (χ3n) is 3.85. The maximum Gasteiger partial charge on any atom is 0.410 e. The van der Waals surface area contributed by atoms with Gasteiger partial charge in [-0.3, -0.25) is 9.48 Å². The van der Waals surface area contributed by atoms with E-state index >= 15 is 0 Å². The summed E-state index contributed by atoms with van der Waals surface area (Å²) in [6, 6.07) is 0. The first kappa shape index (κ1) is 16.3. The number of aryl methyl sites for hydroxylation is 1. The van der Waals surface area contributed by atoms with Crippen molar-refractivity contribution in [3.8, 4) is 0 Å². The molecule has 122 valence electrons. The number of likely N-dealkylation sites (tertiary alicyclic amines) is 1. The molecule has 1 aromatic rings. The Morgan fingerprint density at radius 2 is 1.91 bits per heavy atom. The second kappa shape index (κ2) is 5.62. The number of nitrogens with zero attached hydrogens (tertiary/aromatic N) is 3. The van der Waals surface area contributed by atoms with Crippen LogP contribution in [0.2, 0.25) is 0 Å². The van der Waals surface area contributed by atoms with Crippen molar-refractivity contribution in [2.24, 2.45) is 5.73 Å².